The number of esters is 1. The molecular weight excluding hydrogens is 366 g/mol. The van der Waals surface area contributed by atoms with Crippen LogP contribution in [0.5, 0.6) is 0 Å². The molecule has 0 radical (unpaired) electrons. The first-order valence-electron chi connectivity index (χ1n) is 7.66. The Morgan fingerprint density at radius 3 is 2.46 bits per heavy atom. The fourth-order valence-corrected chi connectivity index (χ4v) is 2.19. The standard InChI is InChI=1S/C20H20BrNO2/c1-15(8-9-16-10-12-18(21)13-11-16)20(2,22)19(23)24-14-17-6-4-3-5-7-17/h3-7,10-13,15H,14,22H2,1-2H3/t15-,20+/m1/s1. The van der Waals surface area contributed by atoms with Gasteiger partial charge in [-0.3, -0.25) is 4.79 Å². The molecule has 2 N–H and O–H groups in total. The van der Waals surface area contributed by atoms with Gasteiger partial charge >= 0.3 is 5.97 Å². The van der Waals surface area contributed by atoms with Gasteiger partial charge in [0.25, 0.3) is 0 Å². The molecule has 0 spiro atoms. The lowest BCUT2D eigenvalue weighted by molar-refractivity contribution is -0.152. The van der Waals surface area contributed by atoms with Gasteiger partial charge in [-0.25, -0.2) is 0 Å². The molecule has 0 aromatic heterocycles. The largest absolute Gasteiger partial charge is 0.459 e. The fourth-order valence-electron chi connectivity index (χ4n) is 1.93. The zero-order valence-corrected chi connectivity index (χ0v) is 15.3. The van der Waals surface area contributed by atoms with Crippen molar-refractivity contribution in [2.45, 2.75) is 26.0 Å². The van der Waals surface area contributed by atoms with Crippen molar-refractivity contribution >= 4 is 21.9 Å². The molecule has 124 valence electrons. The van der Waals surface area contributed by atoms with Crippen molar-refractivity contribution in [1.29, 1.82) is 0 Å². The smallest absolute Gasteiger partial charge is 0.327 e. The second kappa shape index (κ2) is 8.14. The molecule has 0 unspecified atom stereocenters. The van der Waals surface area contributed by atoms with Gasteiger partial charge in [0.05, 0.1) is 0 Å². The molecule has 3 nitrogen and oxygen atoms in total. The minimum atomic E-state index is -1.17. The van der Waals surface area contributed by atoms with Gasteiger partial charge in [0.15, 0.2) is 0 Å². The van der Waals surface area contributed by atoms with E-state index in [9.17, 15) is 4.79 Å². The second-order valence-electron chi connectivity index (χ2n) is 5.84. The first-order valence-corrected chi connectivity index (χ1v) is 8.46. The Morgan fingerprint density at radius 1 is 1.21 bits per heavy atom. The highest BCUT2D eigenvalue weighted by atomic mass is 79.9. The molecule has 0 fully saturated rings. The van der Waals surface area contributed by atoms with Crippen molar-refractivity contribution < 1.29 is 9.53 Å². The Bertz CT molecular complexity index is 743. The van der Waals surface area contributed by atoms with E-state index < -0.39 is 11.5 Å². The summed E-state index contributed by atoms with van der Waals surface area (Å²) in [5.41, 5.74) is 6.80. The van der Waals surface area contributed by atoms with Gasteiger partial charge < -0.3 is 10.5 Å². The van der Waals surface area contributed by atoms with Crippen LogP contribution in [0.25, 0.3) is 0 Å². The van der Waals surface area contributed by atoms with E-state index in [2.05, 4.69) is 27.8 Å². The van der Waals surface area contributed by atoms with E-state index in [0.29, 0.717) is 0 Å². The zero-order chi connectivity index (χ0) is 17.6. The van der Waals surface area contributed by atoms with Crippen molar-refractivity contribution in [3.8, 4) is 11.8 Å². The van der Waals surface area contributed by atoms with Gasteiger partial charge in [-0.1, -0.05) is 58.1 Å². The summed E-state index contributed by atoms with van der Waals surface area (Å²) in [6, 6.07) is 17.2. The third-order valence-electron chi connectivity index (χ3n) is 3.83. The lowest BCUT2D eigenvalue weighted by atomic mass is 9.88. The lowest BCUT2D eigenvalue weighted by Gasteiger charge is -2.25. The van der Waals surface area contributed by atoms with E-state index in [1.165, 1.54) is 0 Å². The molecule has 2 aromatic rings. The van der Waals surface area contributed by atoms with Gasteiger partial charge in [0, 0.05) is 16.0 Å². The van der Waals surface area contributed by atoms with Crippen LogP contribution in [0.15, 0.2) is 59.1 Å². The number of halogens is 1. The Balaban J connectivity index is 2.00. The van der Waals surface area contributed by atoms with E-state index in [4.69, 9.17) is 10.5 Å². The summed E-state index contributed by atoms with van der Waals surface area (Å²) in [4.78, 5) is 12.3. The minimum absolute atomic E-state index is 0.208. The molecule has 0 aliphatic carbocycles. The number of rotatable bonds is 4. The summed E-state index contributed by atoms with van der Waals surface area (Å²) in [5, 5.41) is 0. The molecule has 0 heterocycles. The highest BCUT2D eigenvalue weighted by Crippen LogP contribution is 2.17. The topological polar surface area (TPSA) is 52.3 Å². The van der Waals surface area contributed by atoms with Gasteiger partial charge in [-0.2, -0.15) is 0 Å². The van der Waals surface area contributed by atoms with Crippen molar-refractivity contribution in [1.82, 2.24) is 0 Å². The summed E-state index contributed by atoms with van der Waals surface area (Å²) >= 11 is 3.38. The Kier molecular flexibility index (Phi) is 6.19. The first kappa shape index (κ1) is 18.3. The summed E-state index contributed by atoms with van der Waals surface area (Å²) in [6.07, 6.45) is 0. The molecule has 2 rings (SSSR count). The molecule has 0 saturated heterocycles. The molecule has 0 bridgehead atoms. The quantitative estimate of drug-likeness (QED) is 0.641. The highest BCUT2D eigenvalue weighted by Gasteiger charge is 2.35. The SMILES string of the molecule is C[C@H](C#Cc1ccc(Br)cc1)[C@](C)(N)C(=O)OCc1ccccc1. The number of nitrogens with two attached hydrogens (primary N) is 1. The molecule has 0 aliphatic rings. The predicted octanol–water partition coefficient (Wildman–Crippen LogP) is 3.90. The molecule has 0 aliphatic heterocycles. The lowest BCUT2D eigenvalue weighted by Crippen LogP contribution is -2.51. The summed E-state index contributed by atoms with van der Waals surface area (Å²) in [7, 11) is 0. The molecular formula is C20H20BrNO2. The van der Waals surface area contributed by atoms with E-state index in [0.717, 1.165) is 15.6 Å². The van der Waals surface area contributed by atoms with Crippen LogP contribution < -0.4 is 5.73 Å². The maximum Gasteiger partial charge on any atom is 0.327 e. The number of hydrogen-bond donors (Lipinski definition) is 1. The predicted molar refractivity (Wildman–Crippen MR) is 99.0 cm³/mol. The molecule has 0 amide bonds. The van der Waals surface area contributed by atoms with Crippen LogP contribution in [0.2, 0.25) is 0 Å². The third-order valence-corrected chi connectivity index (χ3v) is 4.36. The number of carbonyl (C=O) groups is 1. The zero-order valence-electron chi connectivity index (χ0n) is 13.8. The van der Waals surface area contributed by atoms with Crippen LogP contribution in [0.1, 0.15) is 25.0 Å². The monoisotopic (exact) mass is 385 g/mol. The normalized spacial score (nSPS) is 14.0. The van der Waals surface area contributed by atoms with Crippen LogP contribution in [-0.2, 0) is 16.1 Å². The second-order valence-corrected chi connectivity index (χ2v) is 6.76. The summed E-state index contributed by atoms with van der Waals surface area (Å²) < 4.78 is 6.34. The van der Waals surface area contributed by atoms with E-state index in [1.54, 1.807) is 6.92 Å². The average Bonchev–Trinajstić information content (AvgIpc) is 2.59. The average molecular weight is 386 g/mol. The number of benzene rings is 2. The fraction of sp³-hybridized carbons (Fsp3) is 0.250. The Morgan fingerprint density at radius 2 is 1.83 bits per heavy atom. The van der Waals surface area contributed by atoms with Gasteiger partial charge in [0.2, 0.25) is 0 Å². The van der Waals surface area contributed by atoms with Crippen LogP contribution in [0.4, 0.5) is 0 Å². The van der Waals surface area contributed by atoms with E-state index >= 15 is 0 Å². The van der Waals surface area contributed by atoms with E-state index in [-0.39, 0.29) is 12.5 Å². The molecule has 4 heteroatoms. The van der Waals surface area contributed by atoms with Crippen molar-refractivity contribution in [2.24, 2.45) is 11.7 Å². The van der Waals surface area contributed by atoms with Crippen molar-refractivity contribution in [2.75, 3.05) is 0 Å². The molecule has 0 saturated carbocycles. The summed E-state index contributed by atoms with van der Waals surface area (Å²) in [5.74, 6) is 5.30. The maximum atomic E-state index is 12.3. The van der Waals surface area contributed by atoms with Crippen LogP contribution in [0.3, 0.4) is 0 Å². The first-order chi connectivity index (χ1) is 11.4. The Hall–Kier alpha value is -2.09. The van der Waals surface area contributed by atoms with Crippen molar-refractivity contribution in [3.05, 3.63) is 70.2 Å². The Labute approximate surface area is 151 Å². The van der Waals surface area contributed by atoms with Crippen LogP contribution in [0, 0.1) is 17.8 Å². The maximum absolute atomic E-state index is 12.3. The van der Waals surface area contributed by atoms with Gasteiger partial charge in [-0.05, 0) is 43.7 Å². The summed E-state index contributed by atoms with van der Waals surface area (Å²) in [6.45, 7) is 3.69. The molecule has 2 atom stereocenters. The highest BCUT2D eigenvalue weighted by molar-refractivity contribution is 9.10. The van der Waals surface area contributed by atoms with Crippen LogP contribution in [-0.4, -0.2) is 11.5 Å². The van der Waals surface area contributed by atoms with Gasteiger partial charge in [-0.15, -0.1) is 0 Å². The molecule has 2 aromatic carbocycles. The minimum Gasteiger partial charge on any atom is -0.459 e. The van der Waals surface area contributed by atoms with Crippen LogP contribution >= 0.6 is 15.9 Å². The number of ether oxygens (including phenoxy) is 1. The third kappa shape index (κ3) is 4.95. The van der Waals surface area contributed by atoms with Gasteiger partial charge in [0.1, 0.15) is 12.1 Å². The van der Waals surface area contributed by atoms with E-state index in [1.807, 2.05) is 61.5 Å². The van der Waals surface area contributed by atoms with Crippen molar-refractivity contribution in [3.63, 3.8) is 0 Å². The number of hydrogen-bond acceptors (Lipinski definition) is 3. The number of carbonyl (C=O) groups excluding carboxylic acids is 1. The molecule has 24 heavy (non-hydrogen) atoms.